The Morgan fingerprint density at radius 1 is 1.17 bits per heavy atom. The predicted molar refractivity (Wildman–Crippen MR) is 148 cm³/mol. The predicted octanol–water partition coefficient (Wildman–Crippen LogP) is 2.21. The summed E-state index contributed by atoms with van der Waals surface area (Å²) in [4.78, 5) is 21.5. The van der Waals surface area contributed by atoms with Gasteiger partial charge in [-0.2, -0.15) is 13.2 Å². The van der Waals surface area contributed by atoms with E-state index in [1.54, 1.807) is 32.2 Å². The number of likely N-dealkylation sites (N-methyl/N-ethyl adjacent to an activating group) is 2. The van der Waals surface area contributed by atoms with E-state index in [0.717, 1.165) is 25.2 Å². The van der Waals surface area contributed by atoms with Crippen LogP contribution >= 0.6 is 0 Å². The third-order valence-electron chi connectivity index (χ3n) is 6.60. The third-order valence-corrected chi connectivity index (χ3v) is 6.60. The first-order chi connectivity index (χ1) is 19.0. The number of nitrogens with zero attached hydrogens (tertiary/aromatic N) is 4. The number of amides is 1. The van der Waals surface area contributed by atoms with E-state index >= 15 is 0 Å². The molecule has 2 aliphatic heterocycles. The van der Waals surface area contributed by atoms with Crippen molar-refractivity contribution in [2.45, 2.75) is 26.4 Å². The Morgan fingerprint density at radius 2 is 1.88 bits per heavy atom. The zero-order valence-electron chi connectivity index (χ0n) is 23.8. The molecular formula is C28H32F3KN6O3. The van der Waals surface area contributed by atoms with Gasteiger partial charge in [0.25, 0.3) is 5.91 Å². The minimum Gasteiger partial charge on any atom is -0.466 e. The van der Waals surface area contributed by atoms with Crippen LogP contribution in [-0.2, 0) is 10.9 Å². The van der Waals surface area contributed by atoms with E-state index in [0.29, 0.717) is 36.5 Å². The van der Waals surface area contributed by atoms with Gasteiger partial charge in [0.15, 0.2) is 5.76 Å². The van der Waals surface area contributed by atoms with Crippen LogP contribution in [0, 0.1) is 6.92 Å². The number of nitrogens with one attached hydrogen (secondary N) is 1. The minimum atomic E-state index is -4.57. The van der Waals surface area contributed by atoms with Gasteiger partial charge in [-0.05, 0) is 67.8 Å². The van der Waals surface area contributed by atoms with Crippen molar-refractivity contribution >= 4 is 23.1 Å². The molecular weight excluding hydrogens is 564 g/mol. The molecule has 0 aliphatic carbocycles. The number of aryl methyl sites for hydroxylation is 1. The number of carbonyl (C=O) groups is 1. The SMILES string of the molecule is CCC1=CO/C(=C(/N)Oc2cc(C(=O)Nc3cc(N4CCN(C)CC4)cc(C(F)(F)F)c3)ccc2C)C([N-]C)=N1.[K+]. The van der Waals surface area contributed by atoms with Crippen molar-refractivity contribution in [1.82, 2.24) is 4.90 Å². The Kier molecular flexibility index (Phi) is 11.3. The standard InChI is InChI=1S/C28H33F3N6O3.K/c1-5-20-16-39-24(26(33-3)34-20)25(32)40-23-12-18(7-6-17(23)2)27(38)35-21-13-19(28(29,30)31)14-22(15-21)37-10-8-36(4)9-11-37;/h6-7,12-16H,5,8-11H2,1-4H3,(H4,32,33,34,35,38);/q;+1/p-1. The Balaban J connectivity index is 0.00000462. The number of amidine groups is 1. The first-order valence-electron chi connectivity index (χ1n) is 12.8. The number of halogens is 3. The van der Waals surface area contributed by atoms with E-state index in [9.17, 15) is 18.0 Å². The second kappa shape index (κ2) is 14.1. The van der Waals surface area contributed by atoms with Crippen LogP contribution in [0.1, 0.15) is 34.8 Å². The van der Waals surface area contributed by atoms with E-state index in [-0.39, 0.29) is 85.9 Å². The molecule has 4 rings (SSSR count). The van der Waals surface area contributed by atoms with E-state index in [1.165, 1.54) is 12.3 Å². The number of hydrogen-bond donors (Lipinski definition) is 2. The Hall–Kier alpha value is -2.55. The third kappa shape index (κ3) is 8.27. The number of ether oxygens (including phenoxy) is 2. The first kappa shape index (κ1) is 33.0. The van der Waals surface area contributed by atoms with Crippen molar-refractivity contribution in [3.8, 4) is 5.75 Å². The fourth-order valence-corrected chi connectivity index (χ4v) is 4.19. The van der Waals surface area contributed by atoms with Gasteiger partial charge < -0.3 is 40.6 Å². The monoisotopic (exact) mass is 596 g/mol. The van der Waals surface area contributed by atoms with Crippen LogP contribution in [0.25, 0.3) is 5.32 Å². The minimum absolute atomic E-state index is 0. The van der Waals surface area contributed by atoms with Gasteiger partial charge in [-0.1, -0.05) is 20.0 Å². The molecule has 1 amide bonds. The molecule has 1 saturated heterocycles. The molecule has 41 heavy (non-hydrogen) atoms. The molecule has 13 heteroatoms. The second-order valence-electron chi connectivity index (χ2n) is 9.53. The Labute approximate surface area is 280 Å². The van der Waals surface area contributed by atoms with E-state index in [2.05, 4.69) is 20.5 Å². The summed E-state index contributed by atoms with van der Waals surface area (Å²) in [5, 5.41) is 6.70. The number of rotatable bonds is 6. The summed E-state index contributed by atoms with van der Waals surface area (Å²) in [6.07, 6.45) is -2.46. The van der Waals surface area contributed by atoms with E-state index in [1.807, 2.05) is 18.9 Å². The van der Waals surface area contributed by atoms with Crippen LogP contribution in [0.15, 0.2) is 65.0 Å². The van der Waals surface area contributed by atoms with Crippen molar-refractivity contribution in [2.75, 3.05) is 50.5 Å². The molecule has 0 bridgehead atoms. The Morgan fingerprint density at radius 3 is 2.51 bits per heavy atom. The number of alkyl halides is 3. The van der Waals surface area contributed by atoms with Crippen molar-refractivity contribution in [3.63, 3.8) is 0 Å². The molecule has 0 saturated carbocycles. The summed E-state index contributed by atoms with van der Waals surface area (Å²) in [6.45, 7) is 6.30. The number of hydrogen-bond acceptors (Lipinski definition) is 7. The molecule has 214 valence electrons. The van der Waals surface area contributed by atoms with Crippen LogP contribution in [0.3, 0.4) is 0 Å². The summed E-state index contributed by atoms with van der Waals surface area (Å²) in [6, 6.07) is 8.26. The zero-order chi connectivity index (χ0) is 29.0. The van der Waals surface area contributed by atoms with Gasteiger partial charge in [-0.15, -0.1) is 0 Å². The van der Waals surface area contributed by atoms with Gasteiger partial charge in [-0.3, -0.25) is 4.79 Å². The summed E-state index contributed by atoms with van der Waals surface area (Å²) in [5.41, 5.74) is 7.29. The first-order valence-corrected chi connectivity index (χ1v) is 12.8. The number of anilines is 2. The molecule has 0 atom stereocenters. The number of carbonyl (C=O) groups excluding carboxylic acids is 1. The average Bonchev–Trinajstić information content (AvgIpc) is 2.93. The number of benzene rings is 2. The van der Waals surface area contributed by atoms with Crippen molar-refractivity contribution in [3.05, 3.63) is 82.0 Å². The number of allylic oxidation sites excluding steroid dienone is 1. The second-order valence-corrected chi connectivity index (χ2v) is 9.53. The molecule has 1 fully saturated rings. The molecule has 0 aromatic heterocycles. The zero-order valence-corrected chi connectivity index (χ0v) is 26.9. The van der Waals surface area contributed by atoms with Gasteiger partial charge in [0, 0.05) is 43.1 Å². The van der Waals surface area contributed by atoms with Gasteiger partial charge in [0.05, 0.1) is 11.8 Å². The molecule has 2 aliphatic rings. The maximum absolute atomic E-state index is 13.7. The van der Waals surface area contributed by atoms with Crippen molar-refractivity contribution in [2.24, 2.45) is 10.7 Å². The summed E-state index contributed by atoms with van der Waals surface area (Å²) < 4.78 is 52.5. The largest absolute Gasteiger partial charge is 1.00 e. The molecule has 0 spiro atoms. The normalized spacial score (nSPS) is 17.0. The van der Waals surface area contributed by atoms with Crippen LogP contribution in [0.5, 0.6) is 5.75 Å². The van der Waals surface area contributed by atoms with Gasteiger partial charge >= 0.3 is 57.6 Å². The van der Waals surface area contributed by atoms with Crippen LogP contribution in [-0.4, -0.2) is 56.9 Å². The molecule has 3 N–H and O–H groups in total. The van der Waals surface area contributed by atoms with Crippen molar-refractivity contribution in [1.29, 1.82) is 0 Å². The number of piperazine rings is 1. The van der Waals surface area contributed by atoms with Crippen LogP contribution in [0.2, 0.25) is 0 Å². The Bertz CT molecular complexity index is 1370. The van der Waals surface area contributed by atoms with E-state index in [4.69, 9.17) is 15.2 Å². The molecule has 0 unspecified atom stereocenters. The van der Waals surface area contributed by atoms with Gasteiger partial charge in [0.1, 0.15) is 5.75 Å². The molecule has 2 aromatic rings. The van der Waals surface area contributed by atoms with Gasteiger partial charge in [-0.25, -0.2) is 0 Å². The summed E-state index contributed by atoms with van der Waals surface area (Å²) in [7, 11) is 3.51. The molecule has 9 nitrogen and oxygen atoms in total. The maximum atomic E-state index is 13.7. The topological polar surface area (TPSA) is 107 Å². The number of aliphatic imine (C=N–C) groups is 1. The van der Waals surface area contributed by atoms with Crippen molar-refractivity contribution < 1.29 is 78.8 Å². The summed E-state index contributed by atoms with van der Waals surface area (Å²) in [5.74, 6) is -0.0383. The molecule has 0 radical (unpaired) electrons. The van der Waals surface area contributed by atoms with E-state index < -0.39 is 17.6 Å². The van der Waals surface area contributed by atoms with Crippen LogP contribution in [0.4, 0.5) is 24.5 Å². The number of nitrogens with two attached hydrogens (primary N) is 1. The fraction of sp³-hybridized carbons (Fsp3) is 0.357. The maximum Gasteiger partial charge on any atom is 1.00 e. The fourth-order valence-electron chi connectivity index (χ4n) is 4.19. The average molecular weight is 597 g/mol. The molecule has 2 aromatic carbocycles. The summed E-state index contributed by atoms with van der Waals surface area (Å²) >= 11 is 0. The quantitative estimate of drug-likeness (QED) is 0.392. The smallest absolute Gasteiger partial charge is 0.466 e. The molecule has 2 heterocycles. The van der Waals surface area contributed by atoms with Crippen LogP contribution < -0.4 is 72.1 Å². The van der Waals surface area contributed by atoms with Gasteiger partial charge in [0.2, 0.25) is 5.88 Å².